The zero-order chi connectivity index (χ0) is 14.1. The summed E-state index contributed by atoms with van der Waals surface area (Å²) >= 11 is 0. The van der Waals surface area contributed by atoms with Gasteiger partial charge in [0, 0.05) is 11.4 Å². The summed E-state index contributed by atoms with van der Waals surface area (Å²) in [6.07, 6.45) is 4.82. The highest BCUT2D eigenvalue weighted by Crippen LogP contribution is 2.19. The first-order valence-electron chi connectivity index (χ1n) is 6.33. The molecule has 3 rings (SSSR count). The SMILES string of the molecule is CC(C)n1ncc2cc(NC(=O)c3ccco3)cnc21. The van der Waals surface area contributed by atoms with Crippen LogP contribution in [-0.2, 0) is 0 Å². The van der Waals surface area contributed by atoms with Gasteiger partial charge in [0.1, 0.15) is 0 Å². The normalized spacial score (nSPS) is 11.2. The van der Waals surface area contributed by atoms with Crippen molar-refractivity contribution < 1.29 is 9.21 Å². The molecular formula is C14H14N4O2. The maximum Gasteiger partial charge on any atom is 0.291 e. The van der Waals surface area contributed by atoms with E-state index in [1.165, 1.54) is 6.26 Å². The third-order valence-corrected chi connectivity index (χ3v) is 2.93. The maximum atomic E-state index is 11.9. The molecule has 0 aromatic carbocycles. The molecule has 0 atom stereocenters. The number of fused-ring (bicyclic) bond motifs is 1. The Morgan fingerprint density at radius 3 is 2.95 bits per heavy atom. The van der Waals surface area contributed by atoms with E-state index in [1.807, 2.05) is 24.6 Å². The quantitative estimate of drug-likeness (QED) is 0.794. The molecule has 1 N–H and O–H groups in total. The third kappa shape index (κ3) is 2.16. The Morgan fingerprint density at radius 1 is 1.40 bits per heavy atom. The van der Waals surface area contributed by atoms with E-state index in [1.54, 1.807) is 24.5 Å². The fourth-order valence-electron chi connectivity index (χ4n) is 1.99. The molecule has 0 aliphatic heterocycles. The highest BCUT2D eigenvalue weighted by Gasteiger charge is 2.11. The van der Waals surface area contributed by atoms with Crippen molar-refractivity contribution in [3.63, 3.8) is 0 Å². The van der Waals surface area contributed by atoms with E-state index in [0.717, 1.165) is 11.0 Å². The predicted octanol–water partition coefficient (Wildman–Crippen LogP) is 2.86. The van der Waals surface area contributed by atoms with Crippen molar-refractivity contribution in [2.24, 2.45) is 0 Å². The number of carbonyl (C=O) groups excluding carboxylic acids is 1. The fourth-order valence-corrected chi connectivity index (χ4v) is 1.99. The summed E-state index contributed by atoms with van der Waals surface area (Å²) in [5, 5.41) is 7.92. The van der Waals surface area contributed by atoms with Crippen molar-refractivity contribution in [3.05, 3.63) is 42.6 Å². The maximum absolute atomic E-state index is 11.9. The topological polar surface area (TPSA) is 73.0 Å². The van der Waals surface area contributed by atoms with E-state index < -0.39 is 0 Å². The second-order valence-corrected chi connectivity index (χ2v) is 4.75. The van der Waals surface area contributed by atoms with Gasteiger partial charge in [0.25, 0.3) is 5.91 Å². The molecular weight excluding hydrogens is 256 g/mol. The lowest BCUT2D eigenvalue weighted by atomic mass is 10.3. The van der Waals surface area contributed by atoms with Crippen LogP contribution in [0.3, 0.4) is 0 Å². The summed E-state index contributed by atoms with van der Waals surface area (Å²) in [7, 11) is 0. The second-order valence-electron chi connectivity index (χ2n) is 4.75. The molecule has 0 unspecified atom stereocenters. The number of nitrogens with zero attached hydrogens (tertiary/aromatic N) is 3. The predicted molar refractivity (Wildman–Crippen MR) is 74.6 cm³/mol. The van der Waals surface area contributed by atoms with Crippen LogP contribution >= 0.6 is 0 Å². The number of hydrogen-bond acceptors (Lipinski definition) is 4. The standard InChI is InChI=1S/C14H14N4O2/c1-9(2)18-13-10(7-16-18)6-11(8-15-13)17-14(19)12-4-3-5-20-12/h3-9H,1-2H3,(H,17,19). The van der Waals surface area contributed by atoms with Gasteiger partial charge in [-0.15, -0.1) is 0 Å². The van der Waals surface area contributed by atoms with Gasteiger partial charge in [-0.25, -0.2) is 9.67 Å². The Kier molecular flexibility index (Phi) is 2.98. The molecule has 3 aromatic heterocycles. The first kappa shape index (κ1) is 12.4. The van der Waals surface area contributed by atoms with Crippen molar-refractivity contribution in [2.45, 2.75) is 19.9 Å². The minimum Gasteiger partial charge on any atom is -0.459 e. The zero-order valence-corrected chi connectivity index (χ0v) is 11.2. The molecule has 3 heterocycles. The third-order valence-electron chi connectivity index (χ3n) is 2.93. The summed E-state index contributed by atoms with van der Waals surface area (Å²) in [6, 6.07) is 5.36. The zero-order valence-electron chi connectivity index (χ0n) is 11.2. The molecule has 3 aromatic rings. The molecule has 0 bridgehead atoms. The Balaban J connectivity index is 1.88. The molecule has 102 valence electrons. The monoisotopic (exact) mass is 270 g/mol. The highest BCUT2D eigenvalue weighted by molar-refractivity contribution is 6.02. The lowest BCUT2D eigenvalue weighted by Crippen LogP contribution is -2.11. The van der Waals surface area contributed by atoms with E-state index in [4.69, 9.17) is 4.42 Å². The van der Waals surface area contributed by atoms with Crippen molar-refractivity contribution in [1.29, 1.82) is 0 Å². The lowest BCUT2D eigenvalue weighted by molar-refractivity contribution is 0.0996. The fraction of sp³-hybridized carbons (Fsp3) is 0.214. The molecule has 6 nitrogen and oxygen atoms in total. The van der Waals surface area contributed by atoms with Crippen LogP contribution in [0, 0.1) is 0 Å². The van der Waals surface area contributed by atoms with Gasteiger partial charge < -0.3 is 9.73 Å². The molecule has 0 fully saturated rings. The highest BCUT2D eigenvalue weighted by atomic mass is 16.3. The molecule has 0 aliphatic carbocycles. The van der Waals surface area contributed by atoms with E-state index in [2.05, 4.69) is 15.4 Å². The van der Waals surface area contributed by atoms with Crippen LogP contribution in [0.4, 0.5) is 5.69 Å². The number of carbonyl (C=O) groups is 1. The van der Waals surface area contributed by atoms with Gasteiger partial charge in [-0.3, -0.25) is 4.79 Å². The van der Waals surface area contributed by atoms with Crippen LogP contribution in [0.5, 0.6) is 0 Å². The van der Waals surface area contributed by atoms with Gasteiger partial charge in [-0.05, 0) is 32.0 Å². The van der Waals surface area contributed by atoms with Crippen LogP contribution in [0.15, 0.2) is 41.3 Å². The number of furan rings is 1. The Hall–Kier alpha value is -2.63. The van der Waals surface area contributed by atoms with Crippen LogP contribution in [-0.4, -0.2) is 20.7 Å². The average molecular weight is 270 g/mol. The second kappa shape index (κ2) is 4.80. The van der Waals surface area contributed by atoms with Crippen LogP contribution in [0.1, 0.15) is 30.4 Å². The molecule has 0 spiro atoms. The number of hydrogen-bond donors (Lipinski definition) is 1. The van der Waals surface area contributed by atoms with E-state index in [-0.39, 0.29) is 17.7 Å². The lowest BCUT2D eigenvalue weighted by Gasteiger charge is -2.07. The van der Waals surface area contributed by atoms with Gasteiger partial charge in [0.15, 0.2) is 11.4 Å². The summed E-state index contributed by atoms with van der Waals surface area (Å²) < 4.78 is 6.88. The van der Waals surface area contributed by atoms with Gasteiger partial charge >= 0.3 is 0 Å². The molecule has 6 heteroatoms. The summed E-state index contributed by atoms with van der Waals surface area (Å²) in [5.74, 6) is -0.0321. The number of pyridine rings is 1. The smallest absolute Gasteiger partial charge is 0.291 e. The Labute approximate surface area is 115 Å². The number of nitrogens with one attached hydrogen (secondary N) is 1. The average Bonchev–Trinajstić information content (AvgIpc) is 3.07. The molecule has 1 amide bonds. The van der Waals surface area contributed by atoms with Crippen molar-refractivity contribution in [2.75, 3.05) is 5.32 Å². The van der Waals surface area contributed by atoms with E-state index in [9.17, 15) is 4.79 Å². The van der Waals surface area contributed by atoms with Crippen LogP contribution < -0.4 is 5.32 Å². The van der Waals surface area contributed by atoms with Crippen molar-refractivity contribution >= 4 is 22.6 Å². The largest absolute Gasteiger partial charge is 0.459 e. The van der Waals surface area contributed by atoms with E-state index in [0.29, 0.717) is 5.69 Å². The number of anilines is 1. The van der Waals surface area contributed by atoms with Crippen LogP contribution in [0.25, 0.3) is 11.0 Å². The van der Waals surface area contributed by atoms with Gasteiger partial charge in [0.2, 0.25) is 0 Å². The van der Waals surface area contributed by atoms with Gasteiger partial charge in [-0.2, -0.15) is 5.10 Å². The molecule has 0 aliphatic rings. The molecule has 0 saturated heterocycles. The number of aromatic nitrogens is 3. The Morgan fingerprint density at radius 2 is 2.25 bits per heavy atom. The van der Waals surface area contributed by atoms with Gasteiger partial charge in [0.05, 0.1) is 24.3 Å². The number of amides is 1. The first-order valence-corrected chi connectivity index (χ1v) is 6.33. The Bertz CT molecular complexity index is 744. The summed E-state index contributed by atoms with van der Waals surface area (Å²) in [6.45, 7) is 4.08. The molecule has 20 heavy (non-hydrogen) atoms. The van der Waals surface area contributed by atoms with Gasteiger partial charge in [-0.1, -0.05) is 0 Å². The number of rotatable bonds is 3. The van der Waals surface area contributed by atoms with Crippen molar-refractivity contribution in [1.82, 2.24) is 14.8 Å². The first-order chi connectivity index (χ1) is 9.65. The molecule has 0 radical (unpaired) electrons. The summed E-state index contributed by atoms with van der Waals surface area (Å²) in [4.78, 5) is 16.2. The summed E-state index contributed by atoms with van der Waals surface area (Å²) in [5.41, 5.74) is 1.42. The molecule has 0 saturated carbocycles. The minimum absolute atomic E-state index is 0.239. The van der Waals surface area contributed by atoms with Crippen molar-refractivity contribution in [3.8, 4) is 0 Å². The minimum atomic E-state index is -0.299. The van der Waals surface area contributed by atoms with Crippen LogP contribution in [0.2, 0.25) is 0 Å². The van der Waals surface area contributed by atoms with E-state index >= 15 is 0 Å².